The fraction of sp³-hybridized carbons (Fsp3) is 0.375. The number of nitrogens with zero attached hydrogens (tertiary/aromatic N) is 2. The standard InChI is InChI=1S/C16H21N3O2/c1-16(2,15(17)19-20)9-5-11-21-13-8-3-6-12-7-4-10-18-14(12)13/h3-4,6-8,10,20H,5,9,11H2,1-2H3,(H2,17,19). The van der Waals surface area contributed by atoms with Crippen molar-refractivity contribution >= 4 is 16.7 Å². The van der Waals surface area contributed by atoms with Crippen LogP contribution in [0.3, 0.4) is 0 Å². The van der Waals surface area contributed by atoms with Gasteiger partial charge in [0, 0.05) is 17.0 Å². The Kier molecular flexibility index (Phi) is 4.62. The number of ether oxygens (including phenoxy) is 1. The van der Waals surface area contributed by atoms with Crippen LogP contribution in [0.15, 0.2) is 41.7 Å². The number of nitrogens with two attached hydrogens (primary N) is 1. The molecule has 0 aliphatic carbocycles. The highest BCUT2D eigenvalue weighted by atomic mass is 16.5. The fourth-order valence-corrected chi connectivity index (χ4v) is 2.15. The van der Waals surface area contributed by atoms with Crippen LogP contribution in [0.2, 0.25) is 0 Å². The number of fused-ring (bicyclic) bond motifs is 1. The number of hydrogen-bond acceptors (Lipinski definition) is 4. The average Bonchev–Trinajstić information content (AvgIpc) is 2.50. The van der Waals surface area contributed by atoms with Crippen LogP contribution in [0.1, 0.15) is 26.7 Å². The molecule has 0 radical (unpaired) electrons. The first kappa shape index (κ1) is 15.1. The Morgan fingerprint density at radius 2 is 2.10 bits per heavy atom. The number of rotatable bonds is 6. The van der Waals surface area contributed by atoms with E-state index in [1.54, 1.807) is 6.20 Å². The Labute approximate surface area is 124 Å². The number of aromatic nitrogens is 1. The second-order valence-electron chi connectivity index (χ2n) is 5.65. The Morgan fingerprint density at radius 3 is 2.86 bits per heavy atom. The third kappa shape index (κ3) is 3.62. The van der Waals surface area contributed by atoms with Gasteiger partial charge in [0.15, 0.2) is 0 Å². The number of para-hydroxylation sites is 1. The van der Waals surface area contributed by atoms with Crippen molar-refractivity contribution in [3.8, 4) is 5.75 Å². The van der Waals surface area contributed by atoms with E-state index in [1.807, 2.05) is 44.2 Å². The average molecular weight is 287 g/mol. The van der Waals surface area contributed by atoms with E-state index in [9.17, 15) is 0 Å². The molecule has 1 aromatic carbocycles. The van der Waals surface area contributed by atoms with Gasteiger partial charge in [0.05, 0.1) is 6.61 Å². The van der Waals surface area contributed by atoms with Crippen LogP contribution in [0.5, 0.6) is 5.75 Å². The molecule has 0 unspecified atom stereocenters. The van der Waals surface area contributed by atoms with Gasteiger partial charge in [0.25, 0.3) is 0 Å². The van der Waals surface area contributed by atoms with Crippen molar-refractivity contribution in [2.75, 3.05) is 6.61 Å². The maximum Gasteiger partial charge on any atom is 0.145 e. The SMILES string of the molecule is CC(C)(CCCOc1cccc2cccnc12)C(N)=NO. The van der Waals surface area contributed by atoms with Crippen LogP contribution in [0.25, 0.3) is 10.9 Å². The van der Waals surface area contributed by atoms with Crippen molar-refractivity contribution in [1.29, 1.82) is 0 Å². The molecule has 0 spiro atoms. The Morgan fingerprint density at radius 1 is 1.33 bits per heavy atom. The molecule has 112 valence electrons. The number of hydrogen-bond donors (Lipinski definition) is 2. The van der Waals surface area contributed by atoms with Crippen molar-refractivity contribution in [3.05, 3.63) is 36.5 Å². The minimum Gasteiger partial charge on any atom is -0.491 e. The van der Waals surface area contributed by atoms with Crippen LogP contribution in [-0.2, 0) is 0 Å². The molecule has 0 amide bonds. The number of amidine groups is 1. The summed E-state index contributed by atoms with van der Waals surface area (Å²) in [5.41, 5.74) is 6.20. The lowest BCUT2D eigenvalue weighted by atomic mass is 9.87. The van der Waals surface area contributed by atoms with Crippen molar-refractivity contribution in [2.45, 2.75) is 26.7 Å². The molecule has 5 heteroatoms. The largest absolute Gasteiger partial charge is 0.491 e. The molecule has 3 N–H and O–H groups in total. The summed E-state index contributed by atoms with van der Waals surface area (Å²) >= 11 is 0. The third-order valence-electron chi connectivity index (χ3n) is 3.60. The summed E-state index contributed by atoms with van der Waals surface area (Å²) in [6.07, 6.45) is 3.35. The van der Waals surface area contributed by atoms with E-state index in [0.29, 0.717) is 6.61 Å². The summed E-state index contributed by atoms with van der Waals surface area (Å²) < 4.78 is 5.82. The molecule has 0 aliphatic heterocycles. The maximum atomic E-state index is 8.75. The minimum atomic E-state index is -0.338. The van der Waals surface area contributed by atoms with Crippen molar-refractivity contribution in [2.24, 2.45) is 16.3 Å². The first-order chi connectivity index (χ1) is 10.0. The van der Waals surface area contributed by atoms with Gasteiger partial charge in [-0.25, -0.2) is 0 Å². The predicted molar refractivity (Wildman–Crippen MR) is 83.7 cm³/mol. The number of oxime groups is 1. The van der Waals surface area contributed by atoms with E-state index in [0.717, 1.165) is 29.5 Å². The van der Waals surface area contributed by atoms with Crippen LogP contribution in [0.4, 0.5) is 0 Å². The highest BCUT2D eigenvalue weighted by Crippen LogP contribution is 2.25. The molecular weight excluding hydrogens is 266 g/mol. The smallest absolute Gasteiger partial charge is 0.145 e. The first-order valence-electron chi connectivity index (χ1n) is 6.99. The molecule has 0 fully saturated rings. The zero-order chi connectivity index (χ0) is 15.3. The highest BCUT2D eigenvalue weighted by molar-refractivity contribution is 5.85. The lowest BCUT2D eigenvalue weighted by molar-refractivity contribution is 0.279. The van der Waals surface area contributed by atoms with Crippen LogP contribution in [0, 0.1) is 5.41 Å². The molecule has 5 nitrogen and oxygen atoms in total. The van der Waals surface area contributed by atoms with Crippen LogP contribution in [-0.4, -0.2) is 22.6 Å². The Hall–Kier alpha value is -2.30. The molecule has 2 rings (SSSR count). The molecule has 0 saturated heterocycles. The summed E-state index contributed by atoms with van der Waals surface area (Å²) in [6.45, 7) is 4.46. The van der Waals surface area contributed by atoms with Gasteiger partial charge in [-0.3, -0.25) is 4.98 Å². The molecule has 0 atom stereocenters. The zero-order valence-electron chi connectivity index (χ0n) is 12.4. The van der Waals surface area contributed by atoms with Gasteiger partial charge in [-0.05, 0) is 25.0 Å². The van der Waals surface area contributed by atoms with E-state index in [2.05, 4.69) is 10.1 Å². The fourth-order valence-electron chi connectivity index (χ4n) is 2.15. The lowest BCUT2D eigenvalue weighted by Crippen LogP contribution is -2.32. The van der Waals surface area contributed by atoms with E-state index in [4.69, 9.17) is 15.7 Å². The van der Waals surface area contributed by atoms with Crippen LogP contribution < -0.4 is 10.5 Å². The molecular formula is C16H21N3O2. The lowest BCUT2D eigenvalue weighted by Gasteiger charge is -2.22. The number of benzene rings is 1. The summed E-state index contributed by atoms with van der Waals surface area (Å²) in [6, 6.07) is 9.81. The quantitative estimate of drug-likeness (QED) is 0.281. The summed E-state index contributed by atoms with van der Waals surface area (Å²) in [5, 5.41) is 12.9. The maximum absolute atomic E-state index is 8.75. The molecule has 21 heavy (non-hydrogen) atoms. The zero-order valence-corrected chi connectivity index (χ0v) is 12.4. The summed E-state index contributed by atoms with van der Waals surface area (Å²) in [5.74, 6) is 1.03. The van der Waals surface area contributed by atoms with Gasteiger partial charge in [-0.1, -0.05) is 37.2 Å². The van der Waals surface area contributed by atoms with Gasteiger partial charge >= 0.3 is 0 Å². The van der Waals surface area contributed by atoms with Crippen molar-refractivity contribution in [1.82, 2.24) is 4.98 Å². The predicted octanol–water partition coefficient (Wildman–Crippen LogP) is 3.17. The van der Waals surface area contributed by atoms with Crippen molar-refractivity contribution < 1.29 is 9.94 Å². The molecule has 2 aromatic rings. The van der Waals surface area contributed by atoms with E-state index < -0.39 is 0 Å². The Bertz CT molecular complexity index is 633. The third-order valence-corrected chi connectivity index (χ3v) is 3.60. The molecule has 1 heterocycles. The molecule has 1 aromatic heterocycles. The van der Waals surface area contributed by atoms with E-state index >= 15 is 0 Å². The van der Waals surface area contributed by atoms with Gasteiger partial charge in [0.2, 0.25) is 0 Å². The topological polar surface area (TPSA) is 80.7 Å². The molecule has 0 aliphatic rings. The van der Waals surface area contributed by atoms with Crippen LogP contribution >= 0.6 is 0 Å². The van der Waals surface area contributed by atoms with E-state index in [-0.39, 0.29) is 11.3 Å². The number of pyridine rings is 1. The summed E-state index contributed by atoms with van der Waals surface area (Å²) in [4.78, 5) is 4.35. The Balaban J connectivity index is 1.94. The second kappa shape index (κ2) is 6.43. The first-order valence-corrected chi connectivity index (χ1v) is 6.99. The van der Waals surface area contributed by atoms with Gasteiger partial charge in [0.1, 0.15) is 17.1 Å². The molecule has 0 saturated carbocycles. The normalized spacial score (nSPS) is 12.6. The van der Waals surface area contributed by atoms with Gasteiger partial charge in [-0.2, -0.15) is 0 Å². The van der Waals surface area contributed by atoms with Gasteiger partial charge in [-0.15, -0.1) is 0 Å². The monoisotopic (exact) mass is 287 g/mol. The molecule has 0 bridgehead atoms. The minimum absolute atomic E-state index is 0.245. The van der Waals surface area contributed by atoms with Crippen molar-refractivity contribution in [3.63, 3.8) is 0 Å². The van der Waals surface area contributed by atoms with E-state index in [1.165, 1.54) is 0 Å². The van der Waals surface area contributed by atoms with Gasteiger partial charge < -0.3 is 15.7 Å². The second-order valence-corrected chi connectivity index (χ2v) is 5.65. The highest BCUT2D eigenvalue weighted by Gasteiger charge is 2.22. The summed E-state index contributed by atoms with van der Waals surface area (Å²) in [7, 11) is 0.